The number of piperidine rings is 2. The molecule has 0 aliphatic carbocycles. The summed E-state index contributed by atoms with van der Waals surface area (Å²) in [5.74, 6) is 1.07. The van der Waals surface area contributed by atoms with Gasteiger partial charge in [0.25, 0.3) is 5.91 Å². The molecule has 1 aromatic heterocycles. The minimum Gasteiger partial charge on any atom is -0.345 e. The standard InChI is InChI=1S/C21H26N4O2/c26-20(24-12-4-1-5-13-24)16-8-14-25(15-9-16)21(27)18-7-3-2-6-17(18)19-22-10-11-23-19/h2-3,6-7,10-11,16H,1,4-5,8-9,12-15H2,(H,22,23). The zero-order valence-corrected chi connectivity index (χ0v) is 15.6. The normalized spacial score (nSPS) is 18.5. The molecule has 2 aromatic rings. The molecule has 1 N–H and O–H groups in total. The van der Waals surface area contributed by atoms with E-state index in [1.165, 1.54) is 6.42 Å². The van der Waals surface area contributed by atoms with Gasteiger partial charge in [-0.05, 0) is 38.2 Å². The molecule has 6 nitrogen and oxygen atoms in total. The average molecular weight is 366 g/mol. The predicted molar refractivity (Wildman–Crippen MR) is 103 cm³/mol. The lowest BCUT2D eigenvalue weighted by atomic mass is 9.93. The van der Waals surface area contributed by atoms with Crippen LogP contribution in [0.15, 0.2) is 36.7 Å². The highest BCUT2D eigenvalue weighted by atomic mass is 16.2. The number of amides is 2. The molecule has 2 aliphatic heterocycles. The van der Waals surface area contributed by atoms with Crippen molar-refractivity contribution in [1.29, 1.82) is 0 Å². The van der Waals surface area contributed by atoms with Gasteiger partial charge in [-0.15, -0.1) is 0 Å². The molecule has 0 radical (unpaired) electrons. The van der Waals surface area contributed by atoms with Crippen LogP contribution in [-0.4, -0.2) is 57.8 Å². The summed E-state index contributed by atoms with van der Waals surface area (Å²) >= 11 is 0. The van der Waals surface area contributed by atoms with E-state index in [9.17, 15) is 9.59 Å². The number of hydrogen-bond acceptors (Lipinski definition) is 3. The fourth-order valence-electron chi connectivity index (χ4n) is 4.16. The summed E-state index contributed by atoms with van der Waals surface area (Å²) in [6.07, 6.45) is 8.42. The van der Waals surface area contributed by atoms with Gasteiger partial charge in [0.15, 0.2) is 0 Å². The van der Waals surface area contributed by atoms with Crippen LogP contribution in [0.3, 0.4) is 0 Å². The van der Waals surface area contributed by atoms with E-state index in [0.29, 0.717) is 24.5 Å². The summed E-state index contributed by atoms with van der Waals surface area (Å²) in [6, 6.07) is 7.56. The first-order valence-electron chi connectivity index (χ1n) is 9.91. The molecule has 6 heteroatoms. The van der Waals surface area contributed by atoms with Gasteiger partial charge in [0.05, 0.1) is 5.56 Å². The highest BCUT2D eigenvalue weighted by molar-refractivity contribution is 6.00. The van der Waals surface area contributed by atoms with Crippen LogP contribution in [0.25, 0.3) is 11.4 Å². The molecule has 0 unspecified atom stereocenters. The number of aromatic amines is 1. The zero-order chi connectivity index (χ0) is 18.6. The smallest absolute Gasteiger partial charge is 0.254 e. The summed E-state index contributed by atoms with van der Waals surface area (Å²) in [4.78, 5) is 37.1. The lowest BCUT2D eigenvalue weighted by Gasteiger charge is -2.35. The van der Waals surface area contributed by atoms with Crippen molar-refractivity contribution < 1.29 is 9.59 Å². The lowest BCUT2D eigenvalue weighted by Crippen LogP contribution is -2.45. The van der Waals surface area contributed by atoms with Crippen LogP contribution in [0.5, 0.6) is 0 Å². The molecule has 2 saturated heterocycles. The second-order valence-electron chi connectivity index (χ2n) is 7.44. The Labute approximate surface area is 159 Å². The molecule has 0 spiro atoms. The number of imidazole rings is 1. The van der Waals surface area contributed by atoms with E-state index in [-0.39, 0.29) is 17.7 Å². The van der Waals surface area contributed by atoms with Crippen LogP contribution in [0.2, 0.25) is 0 Å². The van der Waals surface area contributed by atoms with Gasteiger partial charge in [0.1, 0.15) is 5.82 Å². The van der Waals surface area contributed by atoms with E-state index in [4.69, 9.17) is 0 Å². The first-order chi connectivity index (χ1) is 13.2. The van der Waals surface area contributed by atoms with Crippen LogP contribution < -0.4 is 0 Å². The quantitative estimate of drug-likeness (QED) is 0.908. The number of likely N-dealkylation sites (tertiary alicyclic amines) is 2. The van der Waals surface area contributed by atoms with E-state index in [1.54, 1.807) is 12.4 Å². The Morgan fingerprint density at radius 1 is 0.963 bits per heavy atom. The second-order valence-corrected chi connectivity index (χ2v) is 7.44. The molecular formula is C21H26N4O2. The number of aromatic nitrogens is 2. The minimum atomic E-state index is 0.0193. The Morgan fingerprint density at radius 2 is 1.70 bits per heavy atom. The van der Waals surface area contributed by atoms with Crippen molar-refractivity contribution in [2.24, 2.45) is 5.92 Å². The van der Waals surface area contributed by atoms with Gasteiger partial charge >= 0.3 is 0 Å². The Morgan fingerprint density at radius 3 is 2.41 bits per heavy atom. The van der Waals surface area contributed by atoms with Gasteiger partial charge in [-0.1, -0.05) is 18.2 Å². The molecule has 27 heavy (non-hydrogen) atoms. The van der Waals surface area contributed by atoms with Crippen LogP contribution in [0.4, 0.5) is 0 Å². The highest BCUT2D eigenvalue weighted by Gasteiger charge is 2.31. The zero-order valence-electron chi connectivity index (χ0n) is 15.6. The van der Waals surface area contributed by atoms with Crippen molar-refractivity contribution in [1.82, 2.24) is 19.8 Å². The first-order valence-corrected chi connectivity index (χ1v) is 9.91. The van der Waals surface area contributed by atoms with Crippen molar-refractivity contribution in [3.8, 4) is 11.4 Å². The van der Waals surface area contributed by atoms with Crippen molar-refractivity contribution in [3.05, 3.63) is 42.2 Å². The molecule has 2 aliphatic rings. The van der Waals surface area contributed by atoms with Crippen molar-refractivity contribution in [2.45, 2.75) is 32.1 Å². The summed E-state index contributed by atoms with van der Waals surface area (Å²) in [6.45, 7) is 3.06. The summed E-state index contributed by atoms with van der Waals surface area (Å²) in [5, 5.41) is 0. The van der Waals surface area contributed by atoms with Gasteiger partial charge in [0, 0.05) is 50.1 Å². The number of hydrogen-bond donors (Lipinski definition) is 1. The molecular weight excluding hydrogens is 340 g/mol. The van der Waals surface area contributed by atoms with Gasteiger partial charge in [-0.3, -0.25) is 9.59 Å². The van der Waals surface area contributed by atoms with Crippen molar-refractivity contribution >= 4 is 11.8 Å². The van der Waals surface area contributed by atoms with E-state index in [2.05, 4.69) is 9.97 Å². The Hall–Kier alpha value is -2.63. The van der Waals surface area contributed by atoms with E-state index < -0.39 is 0 Å². The van der Waals surface area contributed by atoms with Crippen LogP contribution in [-0.2, 0) is 4.79 Å². The monoisotopic (exact) mass is 366 g/mol. The number of rotatable bonds is 3. The van der Waals surface area contributed by atoms with E-state index in [1.807, 2.05) is 34.1 Å². The molecule has 3 heterocycles. The Balaban J connectivity index is 1.41. The topological polar surface area (TPSA) is 69.3 Å². The Kier molecular flexibility index (Phi) is 5.23. The average Bonchev–Trinajstić information content (AvgIpc) is 3.28. The maximum atomic E-state index is 13.1. The second kappa shape index (κ2) is 7.94. The SMILES string of the molecule is O=C(c1ccccc1-c1ncc[nH]1)N1CCC(C(=O)N2CCCCC2)CC1. The number of carbonyl (C=O) groups excluding carboxylic acids is 2. The molecule has 4 rings (SSSR count). The maximum Gasteiger partial charge on any atom is 0.254 e. The van der Waals surface area contributed by atoms with Crippen LogP contribution in [0.1, 0.15) is 42.5 Å². The number of H-pyrrole nitrogens is 1. The molecule has 0 atom stereocenters. The van der Waals surface area contributed by atoms with E-state index in [0.717, 1.165) is 44.3 Å². The fourth-order valence-corrected chi connectivity index (χ4v) is 4.16. The number of benzene rings is 1. The van der Waals surface area contributed by atoms with Crippen LogP contribution in [0, 0.1) is 5.92 Å². The number of nitrogens with zero attached hydrogens (tertiary/aromatic N) is 3. The molecule has 0 bridgehead atoms. The largest absolute Gasteiger partial charge is 0.345 e. The molecule has 2 amide bonds. The third-order valence-corrected chi connectivity index (χ3v) is 5.71. The van der Waals surface area contributed by atoms with Gasteiger partial charge in [0.2, 0.25) is 5.91 Å². The van der Waals surface area contributed by atoms with Crippen molar-refractivity contribution in [3.63, 3.8) is 0 Å². The van der Waals surface area contributed by atoms with Gasteiger partial charge in [-0.2, -0.15) is 0 Å². The minimum absolute atomic E-state index is 0.0193. The summed E-state index contributed by atoms with van der Waals surface area (Å²) < 4.78 is 0. The predicted octanol–water partition coefficient (Wildman–Crippen LogP) is 2.94. The summed E-state index contributed by atoms with van der Waals surface area (Å²) in [7, 11) is 0. The maximum absolute atomic E-state index is 13.1. The Bertz CT molecular complexity index is 788. The number of carbonyl (C=O) groups is 2. The molecule has 2 fully saturated rings. The van der Waals surface area contributed by atoms with Gasteiger partial charge < -0.3 is 14.8 Å². The van der Waals surface area contributed by atoms with E-state index >= 15 is 0 Å². The lowest BCUT2D eigenvalue weighted by molar-refractivity contribution is -0.137. The summed E-state index contributed by atoms with van der Waals surface area (Å²) in [5.41, 5.74) is 1.48. The fraction of sp³-hybridized carbons (Fsp3) is 0.476. The van der Waals surface area contributed by atoms with Crippen molar-refractivity contribution in [2.75, 3.05) is 26.2 Å². The van der Waals surface area contributed by atoms with Crippen LogP contribution >= 0.6 is 0 Å². The molecule has 1 aromatic carbocycles. The third kappa shape index (κ3) is 3.75. The third-order valence-electron chi connectivity index (χ3n) is 5.71. The molecule has 142 valence electrons. The highest BCUT2D eigenvalue weighted by Crippen LogP contribution is 2.26. The number of nitrogens with one attached hydrogen (secondary N) is 1. The van der Waals surface area contributed by atoms with Gasteiger partial charge in [-0.25, -0.2) is 4.98 Å². The first kappa shape index (κ1) is 17.8. The molecule has 0 saturated carbocycles.